The topological polar surface area (TPSA) is 144 Å². The van der Waals surface area contributed by atoms with Gasteiger partial charge < -0.3 is 30.5 Å². The van der Waals surface area contributed by atoms with Crippen LogP contribution in [-0.4, -0.2) is 68.5 Å². The first-order valence-electron chi connectivity index (χ1n) is 15.5. The van der Waals surface area contributed by atoms with Crippen LogP contribution in [0, 0.1) is 0 Å². The highest BCUT2D eigenvalue weighted by Gasteiger charge is 2.27. The normalized spacial score (nSPS) is 22.2. The number of ether oxygens (including phenoxy) is 1. The van der Waals surface area contributed by atoms with Crippen LogP contribution in [0.1, 0.15) is 77.2 Å². The van der Waals surface area contributed by atoms with Gasteiger partial charge in [-0.25, -0.2) is 9.78 Å². The summed E-state index contributed by atoms with van der Waals surface area (Å²) in [4.78, 5) is 32.7. The molecule has 0 bridgehead atoms. The van der Waals surface area contributed by atoms with E-state index in [9.17, 15) is 4.79 Å². The molecule has 12 nitrogen and oxygen atoms in total. The fraction of sp³-hybridized carbons (Fsp3) is 0.600. The van der Waals surface area contributed by atoms with E-state index < -0.39 is 6.09 Å². The van der Waals surface area contributed by atoms with Crippen LogP contribution in [0.4, 0.5) is 22.2 Å². The van der Waals surface area contributed by atoms with Crippen molar-refractivity contribution in [2.24, 2.45) is 5.73 Å². The first kappa shape index (κ1) is 28.5. The largest absolute Gasteiger partial charge is 0.494 e. The summed E-state index contributed by atoms with van der Waals surface area (Å²) < 4.78 is 7.70. The molecule has 1 aromatic carbocycles. The Morgan fingerprint density at radius 3 is 2.38 bits per heavy atom. The van der Waals surface area contributed by atoms with Crippen molar-refractivity contribution in [2.45, 2.75) is 95.3 Å². The molecular weight excluding hydrogens is 534 g/mol. The van der Waals surface area contributed by atoms with Crippen molar-refractivity contribution >= 4 is 34.7 Å². The lowest BCUT2D eigenvalue weighted by Crippen LogP contribution is -2.41. The van der Waals surface area contributed by atoms with E-state index in [0.717, 1.165) is 74.1 Å². The number of nitrogens with two attached hydrogens (primary N) is 1. The van der Waals surface area contributed by atoms with Gasteiger partial charge in [-0.15, -0.1) is 5.06 Å². The number of fused-ring (bicyclic) bond motifs is 1. The van der Waals surface area contributed by atoms with Gasteiger partial charge in [-0.1, -0.05) is 12.8 Å². The number of imidazole rings is 1. The highest BCUT2D eigenvalue weighted by atomic mass is 16.7. The molecule has 0 unspecified atom stereocenters. The predicted octanol–water partition coefficient (Wildman–Crippen LogP) is 5.06. The van der Waals surface area contributed by atoms with Gasteiger partial charge in [0.05, 0.1) is 12.9 Å². The molecule has 0 spiro atoms. The first-order valence-corrected chi connectivity index (χ1v) is 15.5. The zero-order chi connectivity index (χ0) is 28.9. The molecule has 1 aliphatic heterocycles. The van der Waals surface area contributed by atoms with Gasteiger partial charge in [0.2, 0.25) is 5.95 Å². The molecule has 3 fully saturated rings. The second-order valence-electron chi connectivity index (χ2n) is 11.7. The summed E-state index contributed by atoms with van der Waals surface area (Å²) in [5.74, 6) is 2.18. The maximum Gasteiger partial charge on any atom is 0.430 e. The van der Waals surface area contributed by atoms with Crippen molar-refractivity contribution < 1.29 is 14.4 Å². The Labute approximate surface area is 246 Å². The minimum absolute atomic E-state index is 0.175. The van der Waals surface area contributed by atoms with Crippen LogP contribution in [0.5, 0.6) is 5.75 Å². The number of aromatic nitrogens is 4. The Kier molecular flexibility index (Phi) is 8.90. The van der Waals surface area contributed by atoms with Gasteiger partial charge in [0.15, 0.2) is 17.0 Å². The third kappa shape index (κ3) is 6.87. The van der Waals surface area contributed by atoms with E-state index in [2.05, 4.69) is 20.5 Å². The van der Waals surface area contributed by atoms with Gasteiger partial charge >= 0.3 is 6.09 Å². The Bertz CT molecular complexity index is 1330. The fourth-order valence-electron chi connectivity index (χ4n) is 6.32. The maximum atomic E-state index is 12.5. The van der Waals surface area contributed by atoms with E-state index in [-0.39, 0.29) is 6.04 Å². The van der Waals surface area contributed by atoms with Crippen LogP contribution in [-0.2, 0) is 4.84 Å². The lowest BCUT2D eigenvalue weighted by Gasteiger charge is -2.31. The number of carbonyl (C=O) groups is 1. The Morgan fingerprint density at radius 2 is 1.67 bits per heavy atom. The average Bonchev–Trinajstić information content (AvgIpc) is 3.67. The lowest BCUT2D eigenvalue weighted by molar-refractivity contribution is -0.106. The van der Waals surface area contributed by atoms with Crippen molar-refractivity contribution in [3.63, 3.8) is 0 Å². The molecule has 6 rings (SSSR count). The van der Waals surface area contributed by atoms with Crippen molar-refractivity contribution in [3.05, 3.63) is 30.6 Å². The van der Waals surface area contributed by atoms with Crippen LogP contribution in [0.25, 0.3) is 11.2 Å². The number of nitrogens with zero attached hydrogens (tertiary/aromatic N) is 5. The summed E-state index contributed by atoms with van der Waals surface area (Å²) in [5, 5.41) is 11.8. The van der Waals surface area contributed by atoms with Crippen LogP contribution in [0.15, 0.2) is 30.6 Å². The Hall–Kier alpha value is -3.64. The molecule has 2 aliphatic carbocycles. The van der Waals surface area contributed by atoms with E-state index in [0.29, 0.717) is 49.5 Å². The number of nitrogens with one attached hydrogen (secondary N) is 3. The number of benzene rings is 1. The molecule has 12 heteroatoms. The molecule has 1 saturated heterocycles. The number of carbonyl (C=O) groups excluding carboxylic acids is 1. The number of hydroxylamine groups is 2. The standard InChI is InChI=1S/C30H43N9O3/c1-2-41-25-13-11-22(12-14-25)35-30(40)42-38-17-15-23(16-18-38)33-27-26-28(39(19-32-26)24-5-3-4-6-24)37-29(36-27)34-21-9-7-20(31)8-10-21/h11-14,19-21,23-24H,2-10,15-18,31H2,1H3,(H,35,40)(H2,33,34,36,37). The number of hydrogen-bond acceptors (Lipinski definition) is 10. The van der Waals surface area contributed by atoms with Gasteiger partial charge in [-0.3, -0.25) is 5.32 Å². The van der Waals surface area contributed by atoms with E-state index in [4.69, 9.17) is 30.3 Å². The minimum Gasteiger partial charge on any atom is -0.494 e. The average molecular weight is 578 g/mol. The zero-order valence-corrected chi connectivity index (χ0v) is 24.4. The molecular formula is C30H43N9O3. The molecule has 2 saturated carbocycles. The van der Waals surface area contributed by atoms with Crippen LogP contribution < -0.4 is 26.4 Å². The number of anilines is 3. The number of piperidine rings is 1. The van der Waals surface area contributed by atoms with Gasteiger partial charge in [0.25, 0.3) is 0 Å². The number of rotatable bonds is 9. The molecule has 0 atom stereocenters. The molecule has 5 N–H and O–H groups in total. The molecule has 42 heavy (non-hydrogen) atoms. The molecule has 3 heterocycles. The van der Waals surface area contributed by atoms with Gasteiger partial charge in [0.1, 0.15) is 5.75 Å². The number of hydrogen-bond donors (Lipinski definition) is 4. The van der Waals surface area contributed by atoms with Gasteiger partial charge in [0, 0.05) is 42.9 Å². The highest BCUT2D eigenvalue weighted by Crippen LogP contribution is 2.34. The van der Waals surface area contributed by atoms with E-state index in [1.807, 2.05) is 25.4 Å². The van der Waals surface area contributed by atoms with Crippen molar-refractivity contribution in [1.29, 1.82) is 0 Å². The van der Waals surface area contributed by atoms with Crippen LogP contribution >= 0.6 is 0 Å². The quantitative estimate of drug-likeness (QED) is 0.272. The SMILES string of the molecule is CCOc1ccc(NC(=O)ON2CCC(Nc3nc(NC4CCC(N)CC4)nc4c3ncn4C3CCCC3)CC2)cc1. The summed E-state index contributed by atoms with van der Waals surface area (Å²) in [6.07, 6.45) is 11.9. The van der Waals surface area contributed by atoms with Gasteiger partial charge in [-0.05, 0) is 82.6 Å². The fourth-order valence-corrected chi connectivity index (χ4v) is 6.32. The van der Waals surface area contributed by atoms with Gasteiger partial charge in [-0.2, -0.15) is 9.97 Å². The lowest BCUT2D eigenvalue weighted by atomic mass is 9.92. The molecule has 2 aromatic heterocycles. The molecule has 0 radical (unpaired) electrons. The summed E-state index contributed by atoms with van der Waals surface area (Å²) in [7, 11) is 0. The van der Waals surface area contributed by atoms with E-state index >= 15 is 0 Å². The summed E-state index contributed by atoms with van der Waals surface area (Å²) >= 11 is 0. The van der Waals surface area contributed by atoms with Crippen LogP contribution in [0.2, 0.25) is 0 Å². The van der Waals surface area contributed by atoms with Crippen molar-refractivity contribution in [2.75, 3.05) is 35.6 Å². The van der Waals surface area contributed by atoms with Crippen molar-refractivity contribution in [1.82, 2.24) is 24.6 Å². The highest BCUT2D eigenvalue weighted by molar-refractivity contribution is 5.85. The van der Waals surface area contributed by atoms with Crippen LogP contribution in [0.3, 0.4) is 0 Å². The van der Waals surface area contributed by atoms with Crippen molar-refractivity contribution in [3.8, 4) is 5.75 Å². The third-order valence-electron chi connectivity index (χ3n) is 8.66. The smallest absolute Gasteiger partial charge is 0.430 e. The molecule has 226 valence electrons. The second-order valence-corrected chi connectivity index (χ2v) is 11.7. The Balaban J connectivity index is 1.09. The summed E-state index contributed by atoms with van der Waals surface area (Å²) in [5.41, 5.74) is 8.49. The minimum atomic E-state index is -0.500. The first-order chi connectivity index (χ1) is 20.5. The van der Waals surface area contributed by atoms with E-state index in [1.165, 1.54) is 12.8 Å². The number of amides is 1. The van der Waals surface area contributed by atoms with E-state index in [1.54, 1.807) is 17.2 Å². The summed E-state index contributed by atoms with van der Waals surface area (Å²) in [6.45, 7) is 3.77. The molecule has 1 amide bonds. The maximum absolute atomic E-state index is 12.5. The monoisotopic (exact) mass is 577 g/mol. The third-order valence-corrected chi connectivity index (χ3v) is 8.66. The Morgan fingerprint density at radius 1 is 0.952 bits per heavy atom. The molecule has 3 aromatic rings. The predicted molar refractivity (Wildman–Crippen MR) is 163 cm³/mol. The second kappa shape index (κ2) is 13.1. The molecule has 3 aliphatic rings. The zero-order valence-electron chi connectivity index (χ0n) is 24.4. The summed E-state index contributed by atoms with van der Waals surface area (Å²) in [6, 6.07) is 8.47.